The number of aromatic nitrogens is 4. The fourth-order valence-corrected chi connectivity index (χ4v) is 7.04. The van der Waals surface area contributed by atoms with Crippen LogP contribution in [-0.4, -0.2) is 93.4 Å². The van der Waals surface area contributed by atoms with Crippen LogP contribution in [0.2, 0.25) is 0 Å². The molecule has 3 aromatic carbocycles. The Morgan fingerprint density at radius 1 is 1.00 bits per heavy atom. The molecular formula is C41H46N8O5. The highest BCUT2D eigenvalue weighted by atomic mass is 16.6. The second-order valence-electron chi connectivity index (χ2n) is 15.1. The van der Waals surface area contributed by atoms with Crippen molar-refractivity contribution in [3.8, 4) is 17.8 Å². The zero-order valence-corrected chi connectivity index (χ0v) is 31.3. The molecule has 54 heavy (non-hydrogen) atoms. The molecule has 2 atom stereocenters. The summed E-state index contributed by atoms with van der Waals surface area (Å²) in [4.78, 5) is 41.9. The highest BCUT2D eigenvalue weighted by Gasteiger charge is 2.34. The van der Waals surface area contributed by atoms with Crippen molar-refractivity contribution in [2.45, 2.75) is 65.1 Å². The van der Waals surface area contributed by atoms with Crippen molar-refractivity contribution in [3.63, 3.8) is 0 Å². The predicted molar refractivity (Wildman–Crippen MR) is 203 cm³/mol. The van der Waals surface area contributed by atoms with E-state index in [4.69, 9.17) is 29.3 Å². The fourth-order valence-electron chi connectivity index (χ4n) is 7.04. The van der Waals surface area contributed by atoms with Gasteiger partial charge in [0.05, 0.1) is 35.8 Å². The summed E-state index contributed by atoms with van der Waals surface area (Å²) in [5.74, 6) is 0.718. The molecule has 2 aliphatic rings. The first-order chi connectivity index (χ1) is 26.1. The predicted octanol–water partition coefficient (Wildman–Crippen LogP) is 6.03. The third-order valence-corrected chi connectivity index (χ3v) is 10.1. The minimum absolute atomic E-state index is 0.124. The van der Waals surface area contributed by atoms with Gasteiger partial charge in [-0.3, -0.25) is 4.79 Å². The average molecular weight is 731 g/mol. The molecule has 0 bridgehead atoms. The SMILES string of the molecule is CN1CCC[C@H]1COc1nc(N2CCN(C(=O)OCc3ccccc3)[C@@H](CC#N)C2)c2ncc(Cc3cc(OC(=O)C(C)(C)C)cc4ccccc34)n2n1. The average Bonchev–Trinajstić information content (AvgIpc) is 3.77. The Bertz CT molecular complexity index is 2180. The Morgan fingerprint density at radius 3 is 2.56 bits per heavy atom. The lowest BCUT2D eigenvalue weighted by atomic mass is 9.97. The number of anilines is 1. The lowest BCUT2D eigenvalue weighted by Gasteiger charge is -2.40. The molecule has 13 nitrogen and oxygen atoms in total. The summed E-state index contributed by atoms with van der Waals surface area (Å²) in [6.07, 6.45) is 4.03. The molecule has 7 rings (SSSR count). The van der Waals surface area contributed by atoms with Gasteiger partial charge in [-0.25, -0.2) is 14.3 Å². The van der Waals surface area contributed by atoms with Crippen LogP contribution in [-0.2, 0) is 22.6 Å². The van der Waals surface area contributed by atoms with E-state index in [1.165, 1.54) is 0 Å². The Balaban J connectivity index is 1.20. The molecule has 2 aliphatic heterocycles. The summed E-state index contributed by atoms with van der Waals surface area (Å²) in [5.41, 5.74) is 2.49. The number of esters is 1. The van der Waals surface area contributed by atoms with E-state index in [1.54, 1.807) is 15.6 Å². The van der Waals surface area contributed by atoms with E-state index in [2.05, 4.69) is 24.1 Å². The van der Waals surface area contributed by atoms with Gasteiger partial charge in [0.1, 0.15) is 19.0 Å². The summed E-state index contributed by atoms with van der Waals surface area (Å²) in [5, 5.41) is 16.6. The van der Waals surface area contributed by atoms with Crippen molar-refractivity contribution >= 4 is 34.3 Å². The van der Waals surface area contributed by atoms with Gasteiger partial charge in [0.15, 0.2) is 11.5 Å². The van der Waals surface area contributed by atoms with Gasteiger partial charge in [-0.05, 0) is 81.2 Å². The van der Waals surface area contributed by atoms with Crippen LogP contribution >= 0.6 is 0 Å². The van der Waals surface area contributed by atoms with Gasteiger partial charge in [0.25, 0.3) is 0 Å². The summed E-state index contributed by atoms with van der Waals surface area (Å²) in [6.45, 7) is 8.21. The summed E-state index contributed by atoms with van der Waals surface area (Å²) >= 11 is 0. The Kier molecular flexibility index (Phi) is 10.6. The van der Waals surface area contributed by atoms with E-state index >= 15 is 0 Å². The Hall–Kier alpha value is -5.74. The molecule has 0 unspecified atom stereocenters. The minimum Gasteiger partial charge on any atom is -0.461 e. The van der Waals surface area contributed by atoms with Crippen molar-refractivity contribution in [1.29, 1.82) is 5.26 Å². The number of hydrogen-bond acceptors (Lipinski definition) is 11. The van der Waals surface area contributed by atoms with Crippen LogP contribution in [0, 0.1) is 16.7 Å². The van der Waals surface area contributed by atoms with Crippen LogP contribution in [0.3, 0.4) is 0 Å². The number of carbonyl (C=O) groups is 2. The first kappa shape index (κ1) is 36.6. The zero-order chi connectivity index (χ0) is 37.8. The van der Waals surface area contributed by atoms with Crippen LogP contribution in [0.5, 0.6) is 11.8 Å². The monoisotopic (exact) mass is 730 g/mol. The maximum atomic E-state index is 13.3. The van der Waals surface area contributed by atoms with Crippen LogP contribution in [0.15, 0.2) is 72.9 Å². The number of benzene rings is 3. The molecule has 0 spiro atoms. The molecule has 0 aliphatic carbocycles. The normalized spacial score (nSPS) is 17.8. The fraction of sp³-hybridized carbons (Fsp3) is 0.415. The molecule has 5 aromatic rings. The van der Waals surface area contributed by atoms with Crippen LogP contribution in [0.25, 0.3) is 16.4 Å². The van der Waals surface area contributed by atoms with Crippen LogP contribution in [0.4, 0.5) is 10.6 Å². The van der Waals surface area contributed by atoms with E-state index in [0.717, 1.165) is 47.0 Å². The van der Waals surface area contributed by atoms with Crippen molar-refractivity contribution in [2.75, 3.05) is 44.7 Å². The molecule has 13 heteroatoms. The van der Waals surface area contributed by atoms with E-state index in [0.29, 0.717) is 49.9 Å². The number of ether oxygens (including phenoxy) is 3. The number of likely N-dealkylation sites (tertiary alicyclic amines) is 1. The van der Waals surface area contributed by atoms with Crippen molar-refractivity contribution in [1.82, 2.24) is 29.4 Å². The van der Waals surface area contributed by atoms with Gasteiger partial charge in [-0.2, -0.15) is 10.2 Å². The molecule has 280 valence electrons. The third kappa shape index (κ3) is 8.09. The number of hydrogen-bond donors (Lipinski definition) is 0. The van der Waals surface area contributed by atoms with Crippen LogP contribution < -0.4 is 14.4 Å². The highest BCUT2D eigenvalue weighted by molar-refractivity contribution is 5.88. The maximum Gasteiger partial charge on any atom is 0.410 e. The molecule has 1 amide bonds. The second-order valence-corrected chi connectivity index (χ2v) is 15.1. The molecule has 4 heterocycles. The van der Waals surface area contributed by atoms with Crippen molar-refractivity contribution < 1.29 is 23.8 Å². The van der Waals surface area contributed by atoms with E-state index in [1.807, 2.05) is 86.3 Å². The van der Waals surface area contributed by atoms with Gasteiger partial charge in [0, 0.05) is 32.1 Å². The standard InChI is InChI=1S/C41H46N8O5/c1-41(2,3)38(50)54-34-22-29-13-8-9-15-35(29)30(23-34)21-33-24-43-36-37(44-39(45-49(33)36)52-27-32-14-10-18-46(32)4)47-19-20-48(31(25-47)16-17-42)40(51)53-26-28-11-6-5-7-12-28/h5-9,11-13,15,22-24,31-32H,10,14,16,18-21,25-27H2,1-4H3/t31-,32-/m0/s1. The second kappa shape index (κ2) is 15.7. The number of rotatable bonds is 10. The summed E-state index contributed by atoms with van der Waals surface area (Å²) in [6, 6.07) is 23.6. The topological polar surface area (TPSA) is 138 Å². The van der Waals surface area contributed by atoms with Gasteiger partial charge in [-0.1, -0.05) is 54.6 Å². The van der Waals surface area contributed by atoms with E-state index in [-0.39, 0.29) is 31.0 Å². The van der Waals surface area contributed by atoms with Gasteiger partial charge >= 0.3 is 18.1 Å². The molecular weight excluding hydrogens is 685 g/mol. The molecule has 2 saturated heterocycles. The molecule has 2 aromatic heterocycles. The molecule has 0 radical (unpaired) electrons. The van der Waals surface area contributed by atoms with E-state index < -0.39 is 17.6 Å². The smallest absolute Gasteiger partial charge is 0.410 e. The number of amides is 1. The quantitative estimate of drug-likeness (QED) is 0.123. The molecule has 0 saturated carbocycles. The van der Waals surface area contributed by atoms with E-state index in [9.17, 15) is 14.9 Å². The first-order valence-electron chi connectivity index (χ1n) is 18.5. The Labute approximate surface area is 315 Å². The number of likely N-dealkylation sites (N-methyl/N-ethyl adjacent to an activating group) is 1. The lowest BCUT2D eigenvalue weighted by molar-refractivity contribution is -0.142. The van der Waals surface area contributed by atoms with Crippen LogP contribution in [0.1, 0.15) is 56.9 Å². The van der Waals surface area contributed by atoms with Crippen molar-refractivity contribution in [2.24, 2.45) is 5.41 Å². The number of imidazole rings is 1. The first-order valence-corrected chi connectivity index (χ1v) is 18.5. The summed E-state index contributed by atoms with van der Waals surface area (Å²) in [7, 11) is 2.10. The maximum absolute atomic E-state index is 13.3. The minimum atomic E-state index is -0.662. The number of piperazine rings is 1. The molecule has 2 fully saturated rings. The Morgan fingerprint density at radius 2 is 1.80 bits per heavy atom. The third-order valence-electron chi connectivity index (χ3n) is 10.1. The van der Waals surface area contributed by atoms with Crippen molar-refractivity contribution in [3.05, 3.63) is 89.7 Å². The highest BCUT2D eigenvalue weighted by Crippen LogP contribution is 2.31. The van der Waals surface area contributed by atoms with Gasteiger partial charge < -0.3 is 28.9 Å². The number of carbonyl (C=O) groups excluding carboxylic acids is 2. The zero-order valence-electron chi connectivity index (χ0n) is 31.3. The summed E-state index contributed by atoms with van der Waals surface area (Å²) < 4.78 is 19.6. The molecule has 0 N–H and O–H groups in total. The number of fused-ring (bicyclic) bond motifs is 2. The van der Waals surface area contributed by atoms with Gasteiger partial charge in [0.2, 0.25) is 0 Å². The number of nitriles is 1. The number of nitrogens with zero attached hydrogens (tertiary/aromatic N) is 8. The lowest BCUT2D eigenvalue weighted by Crippen LogP contribution is -2.55. The largest absolute Gasteiger partial charge is 0.461 e. The van der Waals surface area contributed by atoms with Gasteiger partial charge in [-0.15, -0.1) is 5.10 Å².